The lowest BCUT2D eigenvalue weighted by Crippen LogP contribution is -2.28. The van der Waals surface area contributed by atoms with Crippen LogP contribution in [0.4, 0.5) is 0 Å². The van der Waals surface area contributed by atoms with E-state index in [9.17, 15) is 4.79 Å². The van der Waals surface area contributed by atoms with Crippen molar-refractivity contribution < 1.29 is 14.1 Å². The molecule has 3 rings (SSSR count). The van der Waals surface area contributed by atoms with E-state index in [-0.39, 0.29) is 19.1 Å². The number of rotatable bonds is 6. The standard InChI is InChI=1S/C19H16Cl2N2O3/c1-12-8-15(6-7-17(12)21)25-11-19(24)22-10-16-9-18(23-26-16)13-2-4-14(20)5-3-13/h2-9H,10-11H2,1H3,(H,22,24). The number of hydrogen-bond donors (Lipinski definition) is 1. The van der Waals surface area contributed by atoms with Crippen molar-refractivity contribution in [1.29, 1.82) is 0 Å². The van der Waals surface area contributed by atoms with Gasteiger partial charge in [-0.15, -0.1) is 0 Å². The third-order valence-corrected chi connectivity index (χ3v) is 4.33. The van der Waals surface area contributed by atoms with Crippen LogP contribution in [-0.2, 0) is 11.3 Å². The highest BCUT2D eigenvalue weighted by Crippen LogP contribution is 2.22. The molecule has 0 radical (unpaired) electrons. The van der Waals surface area contributed by atoms with Gasteiger partial charge in [0.25, 0.3) is 5.91 Å². The Hall–Kier alpha value is -2.50. The Morgan fingerprint density at radius 1 is 1.15 bits per heavy atom. The molecule has 1 amide bonds. The Kier molecular flexibility index (Phi) is 5.81. The highest BCUT2D eigenvalue weighted by atomic mass is 35.5. The molecule has 0 aliphatic carbocycles. The van der Waals surface area contributed by atoms with Crippen LogP contribution in [-0.4, -0.2) is 17.7 Å². The molecule has 0 spiro atoms. The van der Waals surface area contributed by atoms with Crippen molar-refractivity contribution in [2.75, 3.05) is 6.61 Å². The van der Waals surface area contributed by atoms with Crippen molar-refractivity contribution >= 4 is 29.1 Å². The first-order chi connectivity index (χ1) is 12.5. The van der Waals surface area contributed by atoms with Crippen LogP contribution in [0.15, 0.2) is 53.1 Å². The molecule has 0 bridgehead atoms. The lowest BCUT2D eigenvalue weighted by atomic mass is 10.1. The fourth-order valence-electron chi connectivity index (χ4n) is 2.25. The summed E-state index contributed by atoms with van der Waals surface area (Å²) in [6, 6.07) is 14.3. The monoisotopic (exact) mass is 390 g/mol. The summed E-state index contributed by atoms with van der Waals surface area (Å²) >= 11 is 11.8. The molecule has 0 saturated carbocycles. The summed E-state index contributed by atoms with van der Waals surface area (Å²) in [5, 5.41) is 8.03. The molecule has 0 saturated heterocycles. The second-order valence-corrected chi connectivity index (χ2v) is 6.51. The Morgan fingerprint density at radius 3 is 2.65 bits per heavy atom. The first kappa shape index (κ1) is 18.3. The number of aromatic nitrogens is 1. The van der Waals surface area contributed by atoms with E-state index in [1.807, 2.05) is 19.1 Å². The molecule has 0 fully saturated rings. The molecule has 0 aliphatic heterocycles. The quantitative estimate of drug-likeness (QED) is 0.664. The minimum atomic E-state index is -0.262. The average Bonchev–Trinajstić information content (AvgIpc) is 3.10. The van der Waals surface area contributed by atoms with Crippen molar-refractivity contribution in [2.45, 2.75) is 13.5 Å². The van der Waals surface area contributed by atoms with Gasteiger partial charge in [0.1, 0.15) is 11.4 Å². The van der Waals surface area contributed by atoms with E-state index in [1.54, 1.807) is 36.4 Å². The second kappa shape index (κ2) is 8.25. The van der Waals surface area contributed by atoms with E-state index in [4.69, 9.17) is 32.5 Å². The average molecular weight is 391 g/mol. The Morgan fingerprint density at radius 2 is 1.92 bits per heavy atom. The molecule has 0 unspecified atom stereocenters. The Balaban J connectivity index is 1.50. The van der Waals surface area contributed by atoms with Crippen LogP contribution in [0.5, 0.6) is 5.75 Å². The second-order valence-electron chi connectivity index (χ2n) is 5.66. The maximum atomic E-state index is 11.9. The fourth-order valence-corrected chi connectivity index (χ4v) is 2.49. The molecule has 134 valence electrons. The van der Waals surface area contributed by atoms with Crippen molar-refractivity contribution in [1.82, 2.24) is 10.5 Å². The summed E-state index contributed by atoms with van der Waals surface area (Å²) in [5.41, 5.74) is 2.46. The molecule has 0 atom stereocenters. The van der Waals surface area contributed by atoms with Gasteiger partial charge < -0.3 is 14.6 Å². The zero-order valence-electron chi connectivity index (χ0n) is 14.0. The van der Waals surface area contributed by atoms with Gasteiger partial charge in [0.2, 0.25) is 0 Å². The molecule has 26 heavy (non-hydrogen) atoms. The van der Waals surface area contributed by atoms with E-state index in [1.165, 1.54) is 0 Å². The third-order valence-electron chi connectivity index (χ3n) is 3.66. The molecule has 5 nitrogen and oxygen atoms in total. The minimum absolute atomic E-state index is 0.0980. The van der Waals surface area contributed by atoms with E-state index < -0.39 is 0 Å². The lowest BCUT2D eigenvalue weighted by molar-refractivity contribution is -0.123. The van der Waals surface area contributed by atoms with E-state index in [0.29, 0.717) is 27.2 Å². The minimum Gasteiger partial charge on any atom is -0.484 e. The third kappa shape index (κ3) is 4.77. The molecule has 1 aromatic heterocycles. The number of nitrogens with one attached hydrogen (secondary N) is 1. The summed E-state index contributed by atoms with van der Waals surface area (Å²) in [6.45, 7) is 2.00. The predicted octanol–water partition coefficient (Wildman–Crippen LogP) is 4.65. The number of ether oxygens (including phenoxy) is 1. The first-order valence-corrected chi connectivity index (χ1v) is 8.64. The predicted molar refractivity (Wildman–Crippen MR) is 100 cm³/mol. The van der Waals surface area contributed by atoms with Crippen LogP contribution in [0.2, 0.25) is 10.0 Å². The van der Waals surface area contributed by atoms with Gasteiger partial charge in [0.15, 0.2) is 12.4 Å². The Bertz CT molecular complexity index is 907. The van der Waals surface area contributed by atoms with Gasteiger partial charge in [-0.05, 0) is 42.8 Å². The Labute approximate surface area is 160 Å². The summed E-state index contributed by atoms with van der Waals surface area (Å²) in [7, 11) is 0. The van der Waals surface area contributed by atoms with Crippen molar-refractivity contribution in [2.24, 2.45) is 0 Å². The molecule has 2 aromatic carbocycles. The van der Waals surface area contributed by atoms with Crippen molar-refractivity contribution in [3.8, 4) is 17.0 Å². The van der Waals surface area contributed by atoms with Crippen LogP contribution in [0.3, 0.4) is 0 Å². The normalized spacial score (nSPS) is 10.6. The number of hydrogen-bond acceptors (Lipinski definition) is 4. The van der Waals surface area contributed by atoms with Crippen LogP contribution in [0.25, 0.3) is 11.3 Å². The zero-order chi connectivity index (χ0) is 18.5. The van der Waals surface area contributed by atoms with Crippen LogP contribution in [0.1, 0.15) is 11.3 Å². The topological polar surface area (TPSA) is 64.4 Å². The maximum Gasteiger partial charge on any atom is 0.258 e. The largest absolute Gasteiger partial charge is 0.484 e. The van der Waals surface area contributed by atoms with Crippen LogP contribution >= 0.6 is 23.2 Å². The van der Waals surface area contributed by atoms with E-state index in [2.05, 4.69) is 10.5 Å². The van der Waals surface area contributed by atoms with Gasteiger partial charge in [-0.3, -0.25) is 4.79 Å². The smallest absolute Gasteiger partial charge is 0.258 e. The molecule has 7 heteroatoms. The number of nitrogens with zero attached hydrogens (tertiary/aromatic N) is 1. The number of carbonyl (C=O) groups is 1. The fraction of sp³-hybridized carbons (Fsp3) is 0.158. The number of halogens is 2. The summed E-state index contributed by atoms with van der Waals surface area (Å²) in [5.74, 6) is 0.874. The molecular formula is C19H16Cl2N2O3. The molecule has 1 heterocycles. The first-order valence-electron chi connectivity index (χ1n) is 7.88. The van der Waals surface area contributed by atoms with Gasteiger partial charge in [-0.25, -0.2) is 0 Å². The summed E-state index contributed by atoms with van der Waals surface area (Å²) in [6.07, 6.45) is 0. The van der Waals surface area contributed by atoms with Crippen LogP contribution in [0, 0.1) is 6.92 Å². The van der Waals surface area contributed by atoms with Crippen molar-refractivity contribution in [3.05, 3.63) is 69.9 Å². The molecule has 0 aliphatic rings. The van der Waals surface area contributed by atoms with Gasteiger partial charge in [0, 0.05) is 21.7 Å². The SMILES string of the molecule is Cc1cc(OCC(=O)NCc2cc(-c3ccc(Cl)cc3)no2)ccc1Cl. The van der Waals surface area contributed by atoms with Gasteiger partial charge in [0.05, 0.1) is 6.54 Å². The number of carbonyl (C=O) groups excluding carboxylic acids is 1. The number of benzene rings is 2. The highest BCUT2D eigenvalue weighted by molar-refractivity contribution is 6.31. The summed E-state index contributed by atoms with van der Waals surface area (Å²) < 4.78 is 10.7. The van der Waals surface area contributed by atoms with Crippen molar-refractivity contribution in [3.63, 3.8) is 0 Å². The van der Waals surface area contributed by atoms with Gasteiger partial charge in [-0.1, -0.05) is 40.5 Å². The van der Waals surface area contributed by atoms with Gasteiger partial charge >= 0.3 is 0 Å². The number of aryl methyl sites for hydroxylation is 1. The lowest BCUT2D eigenvalue weighted by Gasteiger charge is -2.07. The maximum absolute atomic E-state index is 11.9. The molecule has 1 N–H and O–H groups in total. The zero-order valence-corrected chi connectivity index (χ0v) is 15.5. The van der Waals surface area contributed by atoms with E-state index >= 15 is 0 Å². The molecular weight excluding hydrogens is 375 g/mol. The highest BCUT2D eigenvalue weighted by Gasteiger charge is 2.09. The molecule has 3 aromatic rings. The van der Waals surface area contributed by atoms with Gasteiger partial charge in [-0.2, -0.15) is 0 Å². The van der Waals surface area contributed by atoms with Crippen LogP contribution < -0.4 is 10.1 Å². The number of amides is 1. The van der Waals surface area contributed by atoms with E-state index in [0.717, 1.165) is 11.1 Å². The summed E-state index contributed by atoms with van der Waals surface area (Å²) in [4.78, 5) is 11.9.